The average molecular weight is 262 g/mol. The van der Waals surface area contributed by atoms with Crippen molar-refractivity contribution in [1.82, 2.24) is 0 Å². The summed E-state index contributed by atoms with van der Waals surface area (Å²) in [7, 11) is -7.91. The Morgan fingerprint density at radius 2 is 1.13 bits per heavy atom. The third kappa shape index (κ3) is 13.8. The molecule has 15 heavy (non-hydrogen) atoms. The van der Waals surface area contributed by atoms with E-state index in [1.54, 1.807) is 0 Å². The number of hydrogen-bond acceptors (Lipinski definition) is 5. The van der Waals surface area contributed by atoms with Gasteiger partial charge in [0, 0.05) is 13.2 Å². The van der Waals surface area contributed by atoms with E-state index in [0.717, 1.165) is 0 Å². The van der Waals surface area contributed by atoms with E-state index in [9.17, 15) is 16.8 Å². The molecule has 0 rings (SSSR count). The molecule has 0 aromatic heterocycles. The summed E-state index contributed by atoms with van der Waals surface area (Å²) in [6.07, 6.45) is 0.287. The second-order valence-electron chi connectivity index (χ2n) is 2.89. The monoisotopic (exact) mass is 262 g/mol. The molecule has 9 heteroatoms. The van der Waals surface area contributed by atoms with E-state index in [-0.39, 0.29) is 37.6 Å². The summed E-state index contributed by atoms with van der Waals surface area (Å²) < 4.78 is 62.5. The van der Waals surface area contributed by atoms with E-state index in [4.69, 9.17) is 13.8 Å². The van der Waals surface area contributed by atoms with Crippen LogP contribution in [0.5, 0.6) is 0 Å². The highest BCUT2D eigenvalue weighted by Gasteiger charge is 2.05. The van der Waals surface area contributed by atoms with Gasteiger partial charge in [0.15, 0.2) is 0 Å². The summed E-state index contributed by atoms with van der Waals surface area (Å²) in [6, 6.07) is 0. The first kappa shape index (κ1) is 14.8. The van der Waals surface area contributed by atoms with Crippen molar-refractivity contribution in [2.24, 2.45) is 0 Å². The van der Waals surface area contributed by atoms with Gasteiger partial charge in [0.25, 0.3) is 20.2 Å². The van der Waals surface area contributed by atoms with Crippen LogP contribution in [0.4, 0.5) is 0 Å². The fraction of sp³-hybridized carbons (Fsp3) is 1.00. The minimum Gasteiger partial charge on any atom is -0.381 e. The highest BCUT2D eigenvalue weighted by molar-refractivity contribution is 7.86. The first-order valence-corrected chi connectivity index (χ1v) is 7.40. The molecule has 2 N–H and O–H groups in total. The van der Waals surface area contributed by atoms with Gasteiger partial charge in [-0.05, 0) is 12.8 Å². The molecule has 0 fully saturated rings. The predicted molar refractivity (Wildman–Crippen MR) is 52.9 cm³/mol. The molecule has 0 aliphatic heterocycles. The van der Waals surface area contributed by atoms with Gasteiger partial charge in [-0.15, -0.1) is 0 Å². The van der Waals surface area contributed by atoms with E-state index in [2.05, 4.69) is 0 Å². The fourth-order valence-electron chi connectivity index (χ4n) is 0.789. The first-order chi connectivity index (χ1) is 6.71. The minimum absolute atomic E-state index is 0.116. The lowest BCUT2D eigenvalue weighted by Gasteiger charge is -2.02. The van der Waals surface area contributed by atoms with Crippen molar-refractivity contribution in [2.45, 2.75) is 12.8 Å². The number of ether oxygens (including phenoxy) is 1. The SMILES string of the molecule is O=S(=O)(O)CCCOCCCS(=O)(=O)O. The summed E-state index contributed by atoms with van der Waals surface area (Å²) in [4.78, 5) is 0. The van der Waals surface area contributed by atoms with Gasteiger partial charge < -0.3 is 4.74 Å². The zero-order chi connectivity index (χ0) is 11.9. The van der Waals surface area contributed by atoms with Gasteiger partial charge >= 0.3 is 0 Å². The molecule has 0 atom stereocenters. The van der Waals surface area contributed by atoms with E-state index in [0.29, 0.717) is 0 Å². The van der Waals surface area contributed by atoms with Crippen molar-refractivity contribution in [3.8, 4) is 0 Å². The zero-order valence-corrected chi connectivity index (χ0v) is 9.63. The average Bonchev–Trinajstić information content (AvgIpc) is 1.98. The number of rotatable bonds is 8. The molecule has 0 bridgehead atoms. The Kier molecular flexibility index (Phi) is 6.29. The van der Waals surface area contributed by atoms with Crippen LogP contribution in [0, 0.1) is 0 Å². The van der Waals surface area contributed by atoms with Crippen molar-refractivity contribution < 1.29 is 30.7 Å². The standard InChI is InChI=1S/C6H14O7S2/c7-14(8,9)5-1-3-13-4-2-6-15(10,11)12/h1-6H2,(H,7,8,9)(H,10,11,12). The van der Waals surface area contributed by atoms with Gasteiger partial charge in [-0.2, -0.15) is 16.8 Å². The third-order valence-corrected chi connectivity index (χ3v) is 2.99. The van der Waals surface area contributed by atoms with E-state index in [1.807, 2.05) is 0 Å². The molecular weight excluding hydrogens is 248 g/mol. The predicted octanol–water partition coefficient (Wildman–Crippen LogP) is -0.441. The lowest BCUT2D eigenvalue weighted by molar-refractivity contribution is 0.135. The van der Waals surface area contributed by atoms with Gasteiger partial charge in [-0.1, -0.05) is 0 Å². The highest BCUT2D eigenvalue weighted by atomic mass is 32.2. The molecule has 0 unspecified atom stereocenters. The summed E-state index contributed by atoms with van der Waals surface area (Å²) in [6.45, 7) is 0.233. The van der Waals surface area contributed by atoms with E-state index < -0.39 is 20.2 Å². The Morgan fingerprint density at radius 3 is 1.40 bits per heavy atom. The molecule has 0 radical (unpaired) electrons. The van der Waals surface area contributed by atoms with E-state index in [1.165, 1.54) is 0 Å². The summed E-state index contributed by atoms with van der Waals surface area (Å²) in [5.74, 6) is -0.767. The van der Waals surface area contributed by atoms with Crippen LogP contribution in [0.3, 0.4) is 0 Å². The van der Waals surface area contributed by atoms with Crippen molar-refractivity contribution in [3.63, 3.8) is 0 Å². The Hall–Kier alpha value is -0.220. The van der Waals surface area contributed by atoms with Crippen molar-refractivity contribution >= 4 is 20.2 Å². The maximum absolute atomic E-state index is 10.2. The maximum Gasteiger partial charge on any atom is 0.264 e. The van der Waals surface area contributed by atoms with Gasteiger partial charge in [0.05, 0.1) is 11.5 Å². The molecular formula is C6H14O7S2. The summed E-state index contributed by atoms with van der Waals surface area (Å²) in [5, 5.41) is 0. The lowest BCUT2D eigenvalue weighted by Crippen LogP contribution is -2.10. The molecule has 0 saturated carbocycles. The summed E-state index contributed by atoms with van der Waals surface area (Å²) in [5.41, 5.74) is 0. The van der Waals surface area contributed by atoms with Crippen molar-refractivity contribution in [1.29, 1.82) is 0 Å². The molecule has 0 aromatic carbocycles. The van der Waals surface area contributed by atoms with E-state index >= 15 is 0 Å². The van der Waals surface area contributed by atoms with Crippen LogP contribution in [0.2, 0.25) is 0 Å². The Labute approximate surface area is 88.9 Å². The van der Waals surface area contributed by atoms with Crippen LogP contribution in [0.1, 0.15) is 12.8 Å². The normalized spacial score (nSPS) is 12.9. The molecule has 0 saturated heterocycles. The smallest absolute Gasteiger partial charge is 0.264 e. The molecule has 92 valence electrons. The first-order valence-electron chi connectivity index (χ1n) is 4.19. The van der Waals surface area contributed by atoms with Gasteiger partial charge in [-0.25, -0.2) is 0 Å². The minimum atomic E-state index is -3.96. The van der Waals surface area contributed by atoms with Gasteiger partial charge in [0.2, 0.25) is 0 Å². The van der Waals surface area contributed by atoms with Gasteiger partial charge in [-0.3, -0.25) is 9.11 Å². The van der Waals surface area contributed by atoms with Crippen LogP contribution in [-0.2, 0) is 25.0 Å². The number of hydrogen-bond donors (Lipinski definition) is 2. The quantitative estimate of drug-likeness (QED) is 0.449. The Morgan fingerprint density at radius 1 is 0.800 bits per heavy atom. The van der Waals surface area contributed by atoms with Crippen LogP contribution in [-0.4, -0.2) is 50.7 Å². The molecule has 7 nitrogen and oxygen atoms in total. The zero-order valence-electron chi connectivity index (χ0n) is 7.99. The highest BCUT2D eigenvalue weighted by Crippen LogP contribution is 1.93. The van der Waals surface area contributed by atoms with Gasteiger partial charge in [0.1, 0.15) is 0 Å². The topological polar surface area (TPSA) is 118 Å². The Bertz CT molecular complexity index is 319. The Balaban J connectivity index is 3.34. The second kappa shape index (κ2) is 6.38. The molecule has 0 aromatic rings. The second-order valence-corrected chi connectivity index (χ2v) is 6.04. The van der Waals surface area contributed by atoms with Crippen molar-refractivity contribution in [2.75, 3.05) is 24.7 Å². The van der Waals surface area contributed by atoms with Crippen LogP contribution < -0.4 is 0 Å². The largest absolute Gasteiger partial charge is 0.381 e. The van der Waals surface area contributed by atoms with Crippen LogP contribution in [0.25, 0.3) is 0 Å². The third-order valence-electron chi connectivity index (χ3n) is 1.38. The summed E-state index contributed by atoms with van der Waals surface area (Å²) >= 11 is 0. The van der Waals surface area contributed by atoms with Crippen LogP contribution in [0.15, 0.2) is 0 Å². The maximum atomic E-state index is 10.2. The molecule has 0 aliphatic rings. The molecule has 0 spiro atoms. The molecule has 0 aliphatic carbocycles. The van der Waals surface area contributed by atoms with Crippen molar-refractivity contribution in [3.05, 3.63) is 0 Å². The lowest BCUT2D eigenvalue weighted by atomic mass is 10.5. The fourth-order valence-corrected chi connectivity index (χ4v) is 1.75. The van der Waals surface area contributed by atoms with Crippen LogP contribution >= 0.6 is 0 Å². The molecule has 0 heterocycles. The molecule has 0 amide bonds.